The van der Waals surface area contributed by atoms with Gasteiger partial charge in [0.25, 0.3) is 0 Å². The van der Waals surface area contributed by atoms with E-state index in [4.69, 9.17) is 23.2 Å². The number of amides is 1. The van der Waals surface area contributed by atoms with Crippen LogP contribution in [-0.4, -0.2) is 36.0 Å². The van der Waals surface area contributed by atoms with Crippen molar-refractivity contribution in [2.24, 2.45) is 0 Å². The summed E-state index contributed by atoms with van der Waals surface area (Å²) in [5.41, 5.74) is 1.12. The van der Waals surface area contributed by atoms with E-state index >= 15 is 0 Å². The molecule has 0 aromatic heterocycles. The Kier molecular flexibility index (Phi) is 7.98. The molecule has 2 atom stereocenters. The number of benzene rings is 1. The topological polar surface area (TPSA) is 32.3 Å². The van der Waals surface area contributed by atoms with E-state index in [0.717, 1.165) is 31.5 Å². The van der Waals surface area contributed by atoms with Crippen LogP contribution in [0.25, 0.3) is 0 Å². The second-order valence-corrected chi connectivity index (χ2v) is 6.49. The minimum atomic E-state index is 0. The van der Waals surface area contributed by atoms with Crippen molar-refractivity contribution in [3.63, 3.8) is 0 Å². The predicted molar refractivity (Wildman–Crippen MR) is 95.3 cm³/mol. The Morgan fingerprint density at radius 2 is 2.05 bits per heavy atom. The first-order chi connectivity index (χ1) is 9.99. The van der Waals surface area contributed by atoms with Gasteiger partial charge in [-0.1, -0.05) is 29.3 Å². The molecule has 22 heavy (non-hydrogen) atoms. The molecule has 1 aliphatic heterocycles. The van der Waals surface area contributed by atoms with Crippen LogP contribution in [0.4, 0.5) is 0 Å². The van der Waals surface area contributed by atoms with Crippen LogP contribution < -0.4 is 5.32 Å². The van der Waals surface area contributed by atoms with Crippen molar-refractivity contribution in [3.8, 4) is 0 Å². The second-order valence-electron chi connectivity index (χ2n) is 5.67. The molecule has 1 saturated heterocycles. The smallest absolute Gasteiger partial charge is 0.222 e. The quantitative estimate of drug-likeness (QED) is 0.876. The van der Waals surface area contributed by atoms with Crippen LogP contribution in [0.1, 0.15) is 32.3 Å². The maximum absolute atomic E-state index is 12.3. The molecular formula is C16H23Cl3N2O. The van der Waals surface area contributed by atoms with Gasteiger partial charge in [0.05, 0.1) is 10.0 Å². The Morgan fingerprint density at radius 3 is 2.73 bits per heavy atom. The van der Waals surface area contributed by atoms with E-state index in [2.05, 4.69) is 19.2 Å². The molecule has 0 saturated carbocycles. The number of hydrogen-bond donors (Lipinski definition) is 1. The van der Waals surface area contributed by atoms with Gasteiger partial charge in [-0.2, -0.15) is 0 Å². The Balaban J connectivity index is 0.00000242. The highest BCUT2D eigenvalue weighted by molar-refractivity contribution is 6.42. The van der Waals surface area contributed by atoms with Crippen molar-refractivity contribution < 1.29 is 4.79 Å². The van der Waals surface area contributed by atoms with E-state index in [0.29, 0.717) is 22.5 Å². The monoisotopic (exact) mass is 364 g/mol. The van der Waals surface area contributed by atoms with Gasteiger partial charge >= 0.3 is 0 Å². The molecule has 124 valence electrons. The van der Waals surface area contributed by atoms with Crippen molar-refractivity contribution in [2.45, 2.75) is 45.2 Å². The lowest BCUT2D eigenvalue weighted by Gasteiger charge is -2.38. The van der Waals surface area contributed by atoms with Crippen molar-refractivity contribution >= 4 is 41.5 Å². The number of carbonyl (C=O) groups is 1. The van der Waals surface area contributed by atoms with E-state index in [1.54, 1.807) is 6.07 Å². The summed E-state index contributed by atoms with van der Waals surface area (Å²) in [7, 11) is 0. The standard InChI is InChI=1S/C16H22Cl2N2O.ClH/c1-11-12(2)20(9-8-19-11)16(21)5-3-4-13-6-7-14(17)15(18)10-13;/h6-7,10-12,19H,3-5,8-9H2,1-2H3;1H. The summed E-state index contributed by atoms with van der Waals surface area (Å²) in [4.78, 5) is 14.3. The van der Waals surface area contributed by atoms with E-state index < -0.39 is 0 Å². The summed E-state index contributed by atoms with van der Waals surface area (Å²) in [6, 6.07) is 6.27. The molecule has 6 heteroatoms. The summed E-state index contributed by atoms with van der Waals surface area (Å²) in [6.07, 6.45) is 2.26. The first-order valence-electron chi connectivity index (χ1n) is 7.46. The molecule has 0 spiro atoms. The lowest BCUT2D eigenvalue weighted by Crippen LogP contribution is -2.57. The molecule has 2 unspecified atom stereocenters. The molecule has 1 heterocycles. The van der Waals surface area contributed by atoms with Gasteiger partial charge in [-0.05, 0) is 44.4 Å². The molecular weight excluding hydrogens is 343 g/mol. The Hall–Kier alpha value is -0.480. The number of hydrogen-bond acceptors (Lipinski definition) is 2. The highest BCUT2D eigenvalue weighted by Gasteiger charge is 2.27. The van der Waals surface area contributed by atoms with Gasteiger partial charge in [-0.15, -0.1) is 12.4 Å². The van der Waals surface area contributed by atoms with Crippen LogP contribution in [-0.2, 0) is 11.2 Å². The summed E-state index contributed by atoms with van der Waals surface area (Å²) in [5.74, 6) is 0.246. The first kappa shape index (κ1) is 19.6. The van der Waals surface area contributed by atoms with Gasteiger partial charge in [0, 0.05) is 31.6 Å². The van der Waals surface area contributed by atoms with Gasteiger partial charge in [0.1, 0.15) is 0 Å². The molecule has 0 bridgehead atoms. The van der Waals surface area contributed by atoms with Gasteiger partial charge in [0.2, 0.25) is 5.91 Å². The number of piperazine rings is 1. The van der Waals surface area contributed by atoms with Gasteiger partial charge in [-0.25, -0.2) is 0 Å². The number of halogens is 3. The molecule has 1 aromatic carbocycles. The van der Waals surface area contributed by atoms with Gasteiger partial charge in [-0.3, -0.25) is 4.79 Å². The molecule has 1 amide bonds. The average molecular weight is 366 g/mol. The van der Waals surface area contributed by atoms with E-state index in [9.17, 15) is 4.79 Å². The number of nitrogens with zero attached hydrogens (tertiary/aromatic N) is 1. The fourth-order valence-electron chi connectivity index (χ4n) is 2.69. The largest absolute Gasteiger partial charge is 0.337 e. The molecule has 1 fully saturated rings. The summed E-state index contributed by atoms with van der Waals surface area (Å²) in [5, 5.41) is 4.53. The zero-order valence-electron chi connectivity index (χ0n) is 12.9. The van der Waals surface area contributed by atoms with Crippen LogP contribution in [0.2, 0.25) is 10.0 Å². The van der Waals surface area contributed by atoms with E-state index in [1.165, 1.54) is 0 Å². The van der Waals surface area contributed by atoms with Gasteiger partial charge < -0.3 is 10.2 Å². The summed E-state index contributed by atoms with van der Waals surface area (Å²) >= 11 is 11.9. The molecule has 1 aromatic rings. The Morgan fingerprint density at radius 1 is 1.32 bits per heavy atom. The van der Waals surface area contributed by atoms with Crippen molar-refractivity contribution in [2.75, 3.05) is 13.1 Å². The molecule has 0 aliphatic carbocycles. The molecule has 3 nitrogen and oxygen atoms in total. The molecule has 0 radical (unpaired) electrons. The molecule has 1 aliphatic rings. The fourth-order valence-corrected chi connectivity index (χ4v) is 3.01. The minimum Gasteiger partial charge on any atom is -0.337 e. The summed E-state index contributed by atoms with van der Waals surface area (Å²) in [6.45, 7) is 5.91. The third-order valence-electron chi connectivity index (χ3n) is 4.19. The highest BCUT2D eigenvalue weighted by atomic mass is 35.5. The second kappa shape index (κ2) is 8.97. The number of aryl methyl sites for hydroxylation is 1. The minimum absolute atomic E-state index is 0. The third kappa shape index (κ3) is 5.02. The molecule has 1 N–H and O–H groups in total. The highest BCUT2D eigenvalue weighted by Crippen LogP contribution is 2.23. The van der Waals surface area contributed by atoms with Crippen LogP contribution in [0.5, 0.6) is 0 Å². The maximum atomic E-state index is 12.3. The SMILES string of the molecule is CC1NCCN(C(=O)CCCc2ccc(Cl)c(Cl)c2)C1C.Cl. The summed E-state index contributed by atoms with van der Waals surface area (Å²) < 4.78 is 0. The van der Waals surface area contributed by atoms with Crippen LogP contribution in [0.3, 0.4) is 0 Å². The van der Waals surface area contributed by atoms with Crippen LogP contribution in [0.15, 0.2) is 18.2 Å². The van der Waals surface area contributed by atoms with Gasteiger partial charge in [0.15, 0.2) is 0 Å². The zero-order valence-corrected chi connectivity index (χ0v) is 15.3. The van der Waals surface area contributed by atoms with Crippen LogP contribution >= 0.6 is 35.6 Å². The van der Waals surface area contributed by atoms with Crippen molar-refractivity contribution in [1.29, 1.82) is 0 Å². The Labute approximate surface area is 148 Å². The van der Waals surface area contributed by atoms with Crippen molar-refractivity contribution in [3.05, 3.63) is 33.8 Å². The maximum Gasteiger partial charge on any atom is 0.222 e. The predicted octanol–water partition coefficient (Wildman–Crippen LogP) is 3.95. The van der Waals surface area contributed by atoms with E-state index in [-0.39, 0.29) is 24.4 Å². The zero-order chi connectivity index (χ0) is 15.4. The van der Waals surface area contributed by atoms with E-state index in [1.807, 2.05) is 17.0 Å². The number of rotatable bonds is 4. The average Bonchev–Trinajstić information content (AvgIpc) is 2.45. The first-order valence-corrected chi connectivity index (χ1v) is 8.21. The number of carbonyl (C=O) groups excluding carboxylic acids is 1. The third-order valence-corrected chi connectivity index (χ3v) is 4.93. The van der Waals surface area contributed by atoms with Crippen molar-refractivity contribution in [1.82, 2.24) is 10.2 Å². The lowest BCUT2D eigenvalue weighted by molar-refractivity contribution is -0.134. The molecule has 2 rings (SSSR count). The Bertz CT molecular complexity index is 510. The normalized spacial score (nSPS) is 21.4. The fraction of sp³-hybridized carbons (Fsp3) is 0.562. The number of nitrogens with one attached hydrogen (secondary N) is 1. The lowest BCUT2D eigenvalue weighted by atomic mass is 10.0. The van der Waals surface area contributed by atoms with Crippen LogP contribution in [0, 0.1) is 0 Å².